The number of ether oxygens (including phenoxy) is 3. The van der Waals surface area contributed by atoms with E-state index in [0.717, 1.165) is 15.7 Å². The first-order valence-corrected chi connectivity index (χ1v) is 10.8. The van der Waals surface area contributed by atoms with Crippen LogP contribution in [0, 0.1) is 9.12 Å². The number of hydrogen-bond donors (Lipinski definition) is 1. The topological polar surface area (TPSA) is 69.7 Å². The molecule has 1 N–H and O–H groups in total. The van der Waals surface area contributed by atoms with Crippen LogP contribution in [0.2, 0.25) is 5.15 Å². The molecule has 9 heteroatoms. The normalized spacial score (nSPS) is 12.7. The number of methoxy groups -OCH3 is 1. The van der Waals surface area contributed by atoms with Gasteiger partial charge < -0.3 is 19.5 Å². The highest BCUT2D eigenvalue weighted by atomic mass is 127. The Labute approximate surface area is 200 Å². The van der Waals surface area contributed by atoms with Crippen molar-refractivity contribution in [3.63, 3.8) is 0 Å². The minimum absolute atomic E-state index is 0. The van der Waals surface area contributed by atoms with Crippen molar-refractivity contribution in [1.29, 1.82) is 0 Å². The number of amides is 1. The lowest BCUT2D eigenvalue weighted by molar-refractivity contribution is 0.0464. The van der Waals surface area contributed by atoms with Crippen LogP contribution in [-0.4, -0.2) is 43.0 Å². The summed E-state index contributed by atoms with van der Waals surface area (Å²) in [6.07, 6.45) is 0.916. The Morgan fingerprint density at radius 3 is 2.38 bits per heavy atom. The third-order valence-electron chi connectivity index (χ3n) is 3.88. The Morgan fingerprint density at radius 2 is 1.86 bits per heavy atom. The average Bonchev–Trinajstić information content (AvgIpc) is 2.51. The third-order valence-corrected chi connectivity index (χ3v) is 5.09. The number of halogens is 2. The van der Waals surface area contributed by atoms with E-state index in [4.69, 9.17) is 25.8 Å². The van der Waals surface area contributed by atoms with Crippen LogP contribution < -0.4 is 10.1 Å². The van der Waals surface area contributed by atoms with E-state index >= 15 is 0 Å². The molecule has 29 heavy (non-hydrogen) atoms. The number of carbonyl (C=O) groups excluding carboxylic acids is 1. The molecule has 1 aromatic rings. The van der Waals surface area contributed by atoms with E-state index in [1.807, 2.05) is 26.8 Å². The first kappa shape index (κ1) is 28.5. The summed E-state index contributed by atoms with van der Waals surface area (Å²) in [5.41, 5.74) is 0.230. The Morgan fingerprint density at radius 1 is 1.24 bits per heavy atom. The van der Waals surface area contributed by atoms with Crippen LogP contribution in [0.15, 0.2) is 6.07 Å². The summed E-state index contributed by atoms with van der Waals surface area (Å²) >= 11 is 8.39. The monoisotopic (exact) mass is 560 g/mol. The Bertz CT molecular complexity index is 663. The zero-order valence-corrected chi connectivity index (χ0v) is 22.2. The van der Waals surface area contributed by atoms with Gasteiger partial charge in [0, 0.05) is 26.2 Å². The lowest BCUT2D eigenvalue weighted by Crippen LogP contribution is -2.47. The molecule has 168 valence electrons. The quantitative estimate of drug-likeness (QED) is 0.264. The van der Waals surface area contributed by atoms with Crippen molar-refractivity contribution in [1.82, 2.24) is 10.3 Å². The van der Waals surface area contributed by atoms with Crippen molar-refractivity contribution < 1.29 is 19.0 Å². The predicted molar refractivity (Wildman–Crippen MR) is 131 cm³/mol. The summed E-state index contributed by atoms with van der Waals surface area (Å²) in [6.45, 7) is 12.9. The summed E-state index contributed by atoms with van der Waals surface area (Å²) in [4.78, 5) is 16.7. The molecule has 0 aliphatic heterocycles. The van der Waals surface area contributed by atoms with Crippen molar-refractivity contribution in [3.8, 4) is 5.75 Å². The van der Waals surface area contributed by atoms with Gasteiger partial charge in [-0.25, -0.2) is 9.78 Å². The van der Waals surface area contributed by atoms with Crippen LogP contribution in [-0.2, 0) is 15.9 Å². The lowest BCUT2D eigenvalue weighted by Gasteiger charge is -2.32. The van der Waals surface area contributed by atoms with Crippen LogP contribution in [0.4, 0.5) is 4.79 Å². The molecule has 6 nitrogen and oxygen atoms in total. The highest BCUT2D eigenvalue weighted by Crippen LogP contribution is 2.30. The van der Waals surface area contributed by atoms with E-state index < -0.39 is 11.7 Å². The molecular weight excluding hydrogens is 527 g/mol. The lowest BCUT2D eigenvalue weighted by atomic mass is 9.83. The van der Waals surface area contributed by atoms with Crippen molar-refractivity contribution in [2.75, 3.05) is 20.3 Å². The number of aromatic nitrogens is 1. The minimum Gasteiger partial charge on any atom is -0.490 e. The molecule has 0 saturated carbocycles. The highest BCUT2D eigenvalue weighted by Gasteiger charge is 2.29. The molecule has 0 spiro atoms. The Balaban J connectivity index is 0.00000784. The van der Waals surface area contributed by atoms with E-state index in [2.05, 4.69) is 53.7 Å². The van der Waals surface area contributed by atoms with Crippen molar-refractivity contribution in [3.05, 3.63) is 20.5 Å². The van der Waals surface area contributed by atoms with Gasteiger partial charge in [0.1, 0.15) is 9.30 Å². The van der Waals surface area contributed by atoms with Crippen molar-refractivity contribution >= 4 is 53.8 Å². The van der Waals surface area contributed by atoms with Gasteiger partial charge in [-0.15, -0.1) is 0 Å². The largest absolute Gasteiger partial charge is 0.490 e. The molecule has 0 bridgehead atoms. The van der Waals surface area contributed by atoms with Gasteiger partial charge in [-0.3, -0.25) is 0 Å². The molecule has 0 radical (unpaired) electrons. The maximum absolute atomic E-state index is 12.3. The summed E-state index contributed by atoms with van der Waals surface area (Å²) in [6, 6.07) is 1.75. The number of rotatable bonds is 8. The Kier molecular flexibility index (Phi) is 12.2. The molecule has 0 aliphatic carbocycles. The van der Waals surface area contributed by atoms with Gasteiger partial charge >= 0.3 is 6.09 Å². The first-order valence-electron chi connectivity index (χ1n) is 9.29. The number of alkyl carbamates (subject to hydrolysis) is 1. The molecule has 1 amide bonds. The number of pyridine rings is 1. The molecule has 0 saturated heterocycles. The molecule has 1 heterocycles. The predicted octanol–water partition coefficient (Wildman–Crippen LogP) is 5.35. The SMILES string of the molecule is COCCCOc1cc(C[C@H](NC(=O)OC(C)(C)C)C(C)(C)C)c(I)nc1Cl.S. The highest BCUT2D eigenvalue weighted by molar-refractivity contribution is 14.1. The molecule has 0 unspecified atom stereocenters. The fourth-order valence-corrected chi connectivity index (χ4v) is 3.32. The number of nitrogens with zero attached hydrogens (tertiary/aromatic N) is 1. The van der Waals surface area contributed by atoms with Gasteiger partial charge in [-0.1, -0.05) is 32.4 Å². The summed E-state index contributed by atoms with van der Waals surface area (Å²) in [5.74, 6) is 0.540. The van der Waals surface area contributed by atoms with Gasteiger partial charge in [0.15, 0.2) is 10.9 Å². The standard InChI is InChI=1S/C20H32ClIN2O4.H2S/c1-19(2,3)15(23-18(25)28-20(4,5)6)12-13-11-14(16(21)24-17(13)22)27-10-8-9-26-7;/h11,15H,8-10,12H2,1-7H3,(H,23,25);1H2/t15-;/m0./s1. The zero-order chi connectivity index (χ0) is 21.5. The molecule has 1 aromatic heterocycles. The van der Waals surface area contributed by atoms with Gasteiger partial charge in [0.2, 0.25) is 0 Å². The fourth-order valence-electron chi connectivity index (χ4n) is 2.36. The molecule has 0 fully saturated rings. The first-order chi connectivity index (χ1) is 12.8. The van der Waals surface area contributed by atoms with Crippen LogP contribution >= 0.6 is 47.7 Å². The molecular formula is C20H34ClIN2O4S. The van der Waals surface area contributed by atoms with E-state index in [1.165, 1.54) is 0 Å². The van der Waals surface area contributed by atoms with E-state index in [1.54, 1.807) is 7.11 Å². The summed E-state index contributed by atoms with van der Waals surface area (Å²) in [5, 5.41) is 3.33. The third kappa shape index (κ3) is 10.9. The van der Waals surface area contributed by atoms with Gasteiger partial charge in [0.25, 0.3) is 0 Å². The molecule has 0 aliphatic rings. The van der Waals surface area contributed by atoms with Crippen LogP contribution in [0.3, 0.4) is 0 Å². The van der Waals surface area contributed by atoms with E-state index in [-0.39, 0.29) is 25.0 Å². The number of carbonyl (C=O) groups is 1. The minimum atomic E-state index is -0.550. The summed E-state index contributed by atoms with van der Waals surface area (Å²) < 4.78 is 17.0. The maximum atomic E-state index is 12.3. The van der Waals surface area contributed by atoms with Gasteiger partial charge in [0.05, 0.1) is 6.61 Å². The van der Waals surface area contributed by atoms with Crippen molar-refractivity contribution in [2.24, 2.45) is 5.41 Å². The second-order valence-corrected chi connectivity index (χ2v) is 10.1. The maximum Gasteiger partial charge on any atom is 0.407 e. The van der Waals surface area contributed by atoms with E-state index in [0.29, 0.717) is 30.5 Å². The number of hydrogen-bond acceptors (Lipinski definition) is 5. The van der Waals surface area contributed by atoms with Crippen LogP contribution in [0.5, 0.6) is 5.75 Å². The fraction of sp³-hybridized carbons (Fsp3) is 0.700. The molecule has 1 rings (SSSR count). The van der Waals surface area contributed by atoms with Crippen LogP contribution in [0.1, 0.15) is 53.5 Å². The van der Waals surface area contributed by atoms with E-state index in [9.17, 15) is 4.79 Å². The smallest absolute Gasteiger partial charge is 0.407 e. The number of nitrogens with one attached hydrogen (secondary N) is 1. The average molecular weight is 561 g/mol. The zero-order valence-electron chi connectivity index (χ0n) is 18.3. The van der Waals surface area contributed by atoms with Gasteiger partial charge in [-0.2, -0.15) is 13.5 Å². The summed E-state index contributed by atoms with van der Waals surface area (Å²) in [7, 11) is 1.65. The second kappa shape index (κ2) is 12.4. The Hall–Kier alpha value is -0.450. The van der Waals surface area contributed by atoms with Gasteiger partial charge in [-0.05, 0) is 66.8 Å². The second-order valence-electron chi connectivity index (χ2n) is 8.69. The van der Waals surface area contributed by atoms with Crippen molar-refractivity contribution in [2.45, 2.75) is 66.0 Å². The molecule has 0 aromatic carbocycles. The van der Waals surface area contributed by atoms with Crippen LogP contribution in [0.25, 0.3) is 0 Å². The molecule has 1 atom stereocenters.